The van der Waals surface area contributed by atoms with Gasteiger partial charge in [0.2, 0.25) is 11.8 Å². The molecule has 6 nitrogen and oxygen atoms in total. The fraction of sp³-hybridized carbons (Fsp3) is 0.280. The Morgan fingerprint density at radius 1 is 0.903 bits per heavy atom. The zero-order valence-electron chi connectivity index (χ0n) is 17.5. The van der Waals surface area contributed by atoms with Crippen molar-refractivity contribution in [3.05, 3.63) is 76.9 Å². The lowest BCUT2D eigenvalue weighted by Gasteiger charge is -2.15. The molecule has 158 valence electrons. The van der Waals surface area contributed by atoms with Crippen molar-refractivity contribution in [1.82, 2.24) is 0 Å². The molecule has 0 bridgehead atoms. The van der Waals surface area contributed by atoms with Gasteiger partial charge in [-0.15, -0.1) is 0 Å². The van der Waals surface area contributed by atoms with Crippen LogP contribution in [0, 0.1) is 25.7 Å². The molecule has 1 fully saturated rings. The van der Waals surface area contributed by atoms with E-state index in [1.54, 1.807) is 24.3 Å². The molecule has 0 unspecified atom stereocenters. The number of fused-ring (bicyclic) bond motifs is 1. The van der Waals surface area contributed by atoms with Crippen LogP contribution in [0.1, 0.15) is 44.7 Å². The Balaban J connectivity index is 1.46. The summed E-state index contributed by atoms with van der Waals surface area (Å²) < 4.78 is 5.19. The largest absolute Gasteiger partial charge is 0.454 e. The molecule has 1 heterocycles. The summed E-state index contributed by atoms with van der Waals surface area (Å²) in [5.74, 6) is -2.15. The van der Waals surface area contributed by atoms with Crippen LogP contribution in [0.3, 0.4) is 0 Å². The maximum Gasteiger partial charge on any atom is 0.338 e. The Bertz CT molecular complexity index is 1090. The maximum absolute atomic E-state index is 12.8. The van der Waals surface area contributed by atoms with Gasteiger partial charge in [-0.25, -0.2) is 4.79 Å². The number of aryl methyl sites for hydroxylation is 2. The number of ether oxygens (including phenoxy) is 1. The molecule has 1 aliphatic heterocycles. The predicted molar refractivity (Wildman–Crippen MR) is 115 cm³/mol. The SMILES string of the molecule is Cc1ccc(C(=O)COC(=O)c2cccc(N3C(=O)[C@H]4CC=CC[C@@H]4C3=O)c2)cc1C. The number of amides is 2. The van der Waals surface area contributed by atoms with Gasteiger partial charge in [0.1, 0.15) is 0 Å². The smallest absolute Gasteiger partial charge is 0.338 e. The number of allylic oxidation sites excluding steroid dienone is 2. The normalized spacial score (nSPS) is 20.0. The zero-order valence-corrected chi connectivity index (χ0v) is 17.5. The van der Waals surface area contributed by atoms with E-state index in [4.69, 9.17) is 4.74 Å². The Morgan fingerprint density at radius 3 is 2.23 bits per heavy atom. The van der Waals surface area contributed by atoms with E-state index in [0.717, 1.165) is 11.1 Å². The van der Waals surface area contributed by atoms with Gasteiger partial charge in [-0.2, -0.15) is 0 Å². The average Bonchev–Trinajstić information content (AvgIpc) is 3.04. The number of nitrogens with zero attached hydrogens (tertiary/aromatic N) is 1. The first-order chi connectivity index (χ1) is 14.9. The van der Waals surface area contributed by atoms with Gasteiger partial charge in [0.15, 0.2) is 12.4 Å². The molecular formula is C25H23NO5. The van der Waals surface area contributed by atoms with Crippen LogP contribution in [0.15, 0.2) is 54.6 Å². The fourth-order valence-electron chi connectivity index (χ4n) is 4.04. The molecule has 0 aromatic heterocycles. The molecule has 2 aromatic carbocycles. The Hall–Kier alpha value is -3.54. The van der Waals surface area contributed by atoms with E-state index in [9.17, 15) is 19.2 Å². The van der Waals surface area contributed by atoms with Crippen molar-refractivity contribution in [3.8, 4) is 0 Å². The van der Waals surface area contributed by atoms with Gasteiger partial charge in [-0.05, 0) is 62.1 Å². The summed E-state index contributed by atoms with van der Waals surface area (Å²) in [6.45, 7) is 3.48. The number of rotatable bonds is 5. The van der Waals surface area contributed by atoms with Crippen LogP contribution >= 0.6 is 0 Å². The quantitative estimate of drug-likeness (QED) is 0.320. The van der Waals surface area contributed by atoms with Gasteiger partial charge < -0.3 is 4.74 Å². The van der Waals surface area contributed by atoms with Crippen molar-refractivity contribution in [2.24, 2.45) is 11.8 Å². The molecule has 2 amide bonds. The number of anilines is 1. The van der Waals surface area contributed by atoms with E-state index < -0.39 is 5.97 Å². The van der Waals surface area contributed by atoms with Crippen LogP contribution in [0.2, 0.25) is 0 Å². The highest BCUT2D eigenvalue weighted by molar-refractivity contribution is 6.22. The monoisotopic (exact) mass is 417 g/mol. The molecule has 0 N–H and O–H groups in total. The molecule has 0 saturated carbocycles. The number of Topliss-reactive ketones (excluding diaryl/α,β-unsaturated/α-hetero) is 1. The van der Waals surface area contributed by atoms with E-state index >= 15 is 0 Å². The lowest BCUT2D eigenvalue weighted by Crippen LogP contribution is -2.31. The number of hydrogen-bond donors (Lipinski definition) is 0. The standard InChI is InChI=1S/C25H23NO5/c1-15-10-11-17(12-16(15)2)22(27)14-31-25(30)18-6-5-7-19(13-18)26-23(28)20-8-3-4-9-21(20)24(26)29/h3-7,10-13,20-21H,8-9,14H2,1-2H3/t20-,21-/m0/s1. The summed E-state index contributed by atoms with van der Waals surface area (Å²) in [6.07, 6.45) is 4.95. The number of carbonyl (C=O) groups excluding carboxylic acids is 4. The second kappa shape index (κ2) is 8.30. The summed E-state index contributed by atoms with van der Waals surface area (Å²) in [7, 11) is 0. The second-order valence-electron chi connectivity index (χ2n) is 8.02. The molecule has 2 atom stereocenters. The molecule has 2 aromatic rings. The van der Waals surface area contributed by atoms with Gasteiger partial charge in [0, 0.05) is 5.56 Å². The Labute approximate surface area is 180 Å². The molecular weight excluding hydrogens is 394 g/mol. The first-order valence-corrected chi connectivity index (χ1v) is 10.3. The molecule has 1 aliphatic carbocycles. The predicted octanol–water partition coefficient (Wildman–Crippen LogP) is 3.80. The highest BCUT2D eigenvalue weighted by Crippen LogP contribution is 2.37. The van der Waals surface area contributed by atoms with Gasteiger partial charge in [-0.1, -0.05) is 30.4 Å². The Morgan fingerprint density at radius 2 is 1.58 bits per heavy atom. The minimum atomic E-state index is -0.683. The van der Waals surface area contributed by atoms with Crippen LogP contribution in [0.25, 0.3) is 0 Å². The molecule has 2 aliphatic rings. The third kappa shape index (κ3) is 3.93. The van der Waals surface area contributed by atoms with Crippen molar-refractivity contribution in [3.63, 3.8) is 0 Å². The lowest BCUT2D eigenvalue weighted by molar-refractivity contribution is -0.122. The van der Waals surface area contributed by atoms with E-state index in [1.165, 1.54) is 17.0 Å². The highest BCUT2D eigenvalue weighted by Gasteiger charge is 2.47. The van der Waals surface area contributed by atoms with Crippen molar-refractivity contribution >= 4 is 29.3 Å². The van der Waals surface area contributed by atoms with Gasteiger partial charge in [0.05, 0.1) is 23.1 Å². The van der Waals surface area contributed by atoms with Gasteiger partial charge in [0.25, 0.3) is 0 Å². The maximum atomic E-state index is 12.8. The zero-order chi connectivity index (χ0) is 22.1. The molecule has 6 heteroatoms. The molecule has 31 heavy (non-hydrogen) atoms. The minimum absolute atomic E-state index is 0.180. The van der Waals surface area contributed by atoms with Crippen molar-refractivity contribution in [2.45, 2.75) is 26.7 Å². The van der Waals surface area contributed by atoms with E-state index in [-0.39, 0.29) is 41.6 Å². The number of hydrogen-bond acceptors (Lipinski definition) is 5. The summed E-state index contributed by atoms with van der Waals surface area (Å²) >= 11 is 0. The van der Waals surface area contributed by atoms with Crippen molar-refractivity contribution in [1.29, 1.82) is 0 Å². The first-order valence-electron chi connectivity index (χ1n) is 10.3. The molecule has 0 spiro atoms. The number of ketones is 1. The van der Waals surface area contributed by atoms with Crippen LogP contribution in [-0.4, -0.2) is 30.2 Å². The number of imide groups is 1. The molecule has 0 radical (unpaired) electrons. The topological polar surface area (TPSA) is 80.8 Å². The lowest BCUT2D eigenvalue weighted by atomic mass is 9.85. The van der Waals surface area contributed by atoms with Gasteiger partial charge in [-0.3, -0.25) is 19.3 Å². The minimum Gasteiger partial charge on any atom is -0.454 e. The number of benzene rings is 2. The van der Waals surface area contributed by atoms with E-state index in [0.29, 0.717) is 24.1 Å². The number of esters is 1. The fourth-order valence-corrected chi connectivity index (χ4v) is 4.04. The molecule has 1 saturated heterocycles. The van der Waals surface area contributed by atoms with E-state index in [1.807, 2.05) is 32.1 Å². The van der Waals surface area contributed by atoms with Crippen molar-refractivity contribution in [2.75, 3.05) is 11.5 Å². The van der Waals surface area contributed by atoms with Gasteiger partial charge >= 0.3 is 5.97 Å². The van der Waals surface area contributed by atoms with Crippen LogP contribution in [0.4, 0.5) is 5.69 Å². The summed E-state index contributed by atoms with van der Waals surface area (Å²) in [4.78, 5) is 51.6. The first kappa shape index (κ1) is 20.7. The summed E-state index contributed by atoms with van der Waals surface area (Å²) in [6, 6.07) is 11.5. The molecule has 4 rings (SSSR count). The van der Waals surface area contributed by atoms with Crippen LogP contribution in [-0.2, 0) is 14.3 Å². The Kier molecular flexibility index (Phi) is 5.55. The third-order valence-corrected chi connectivity index (χ3v) is 6.01. The number of carbonyl (C=O) groups is 4. The van der Waals surface area contributed by atoms with E-state index in [2.05, 4.69) is 0 Å². The average molecular weight is 417 g/mol. The van der Waals surface area contributed by atoms with Crippen molar-refractivity contribution < 1.29 is 23.9 Å². The van der Waals surface area contributed by atoms with Crippen LogP contribution < -0.4 is 4.90 Å². The van der Waals surface area contributed by atoms with Crippen LogP contribution in [0.5, 0.6) is 0 Å². The highest BCUT2D eigenvalue weighted by atomic mass is 16.5. The third-order valence-electron chi connectivity index (χ3n) is 6.01. The second-order valence-corrected chi connectivity index (χ2v) is 8.02. The summed E-state index contributed by atoms with van der Waals surface area (Å²) in [5, 5.41) is 0. The summed E-state index contributed by atoms with van der Waals surface area (Å²) in [5.41, 5.74) is 3.07.